The lowest BCUT2D eigenvalue weighted by Crippen LogP contribution is -2.45. The average Bonchev–Trinajstić information content (AvgIpc) is 3.42. The first-order chi connectivity index (χ1) is 12.9. The summed E-state index contributed by atoms with van der Waals surface area (Å²) < 4.78 is 5.60. The van der Waals surface area contributed by atoms with Crippen LogP contribution in [0.15, 0.2) is 30.4 Å². The van der Waals surface area contributed by atoms with Gasteiger partial charge in [0.2, 0.25) is 11.8 Å². The fraction of sp³-hybridized carbons (Fsp3) is 0.500. The molecule has 4 aliphatic carbocycles. The molecule has 27 heavy (non-hydrogen) atoms. The number of nitrogens with zero attached hydrogens (tertiary/aromatic N) is 1. The highest BCUT2D eigenvalue weighted by Gasteiger charge is 2.67. The summed E-state index contributed by atoms with van der Waals surface area (Å²) in [6.07, 6.45) is 5.39. The van der Waals surface area contributed by atoms with Crippen LogP contribution < -0.4 is 4.74 Å². The van der Waals surface area contributed by atoms with Crippen molar-refractivity contribution >= 4 is 17.8 Å². The molecule has 1 aliphatic heterocycles. The van der Waals surface area contributed by atoms with Crippen LogP contribution in [-0.2, 0) is 14.4 Å². The highest BCUT2D eigenvalue weighted by Crippen LogP contribution is 2.65. The minimum Gasteiger partial charge on any atom is -0.424 e. The van der Waals surface area contributed by atoms with Crippen LogP contribution >= 0.6 is 0 Å². The number of rotatable bonds is 3. The van der Waals surface area contributed by atoms with E-state index < -0.39 is 12.0 Å². The predicted molar refractivity (Wildman–Crippen MR) is 97.6 cm³/mol. The van der Waals surface area contributed by atoms with E-state index in [9.17, 15) is 14.4 Å². The maximum absolute atomic E-state index is 13.1. The number of para-hydroxylation sites is 1. The Morgan fingerprint density at radius 3 is 2.07 bits per heavy atom. The van der Waals surface area contributed by atoms with Crippen molar-refractivity contribution in [1.82, 2.24) is 4.90 Å². The van der Waals surface area contributed by atoms with Crippen LogP contribution in [0.1, 0.15) is 24.5 Å². The number of carbonyl (C=O) groups is 3. The van der Waals surface area contributed by atoms with E-state index in [0.717, 1.165) is 17.5 Å². The molecule has 5 nitrogen and oxygen atoms in total. The summed E-state index contributed by atoms with van der Waals surface area (Å²) in [4.78, 5) is 40.2. The number of likely N-dealkylation sites (tertiary alicyclic amines) is 1. The molecule has 7 atom stereocenters. The first kappa shape index (κ1) is 16.7. The van der Waals surface area contributed by atoms with E-state index in [1.54, 1.807) is 6.92 Å². The molecule has 1 aromatic rings. The van der Waals surface area contributed by atoms with Crippen molar-refractivity contribution in [3.63, 3.8) is 0 Å². The normalized spacial score (nSPS) is 36.5. The van der Waals surface area contributed by atoms with Crippen molar-refractivity contribution in [2.75, 3.05) is 0 Å². The largest absolute Gasteiger partial charge is 0.424 e. The van der Waals surface area contributed by atoms with E-state index in [-0.39, 0.29) is 35.5 Å². The molecule has 1 heterocycles. The molecule has 140 valence electrons. The molecule has 2 saturated carbocycles. The van der Waals surface area contributed by atoms with Gasteiger partial charge in [-0.25, -0.2) is 4.79 Å². The number of imide groups is 1. The van der Waals surface area contributed by atoms with E-state index in [2.05, 4.69) is 12.2 Å². The average molecular weight is 365 g/mol. The lowest BCUT2D eigenvalue weighted by atomic mass is 9.63. The molecule has 5 heteroatoms. The summed E-state index contributed by atoms with van der Waals surface area (Å²) in [7, 11) is 0. The summed E-state index contributed by atoms with van der Waals surface area (Å²) in [5.41, 5.74) is 1.70. The van der Waals surface area contributed by atoms with E-state index in [1.165, 1.54) is 4.90 Å². The molecular weight excluding hydrogens is 342 g/mol. The predicted octanol–water partition coefficient (Wildman–Crippen LogP) is 2.65. The quantitative estimate of drug-likeness (QED) is 0.358. The van der Waals surface area contributed by atoms with Gasteiger partial charge in [-0.2, -0.15) is 0 Å². The summed E-state index contributed by atoms with van der Waals surface area (Å²) in [5.74, 6) is 0.415. The zero-order chi connectivity index (χ0) is 19.0. The number of benzene rings is 1. The number of allylic oxidation sites excluding steroid dienone is 2. The van der Waals surface area contributed by atoms with Gasteiger partial charge in [0.05, 0.1) is 11.8 Å². The molecule has 2 bridgehead atoms. The first-order valence-electron chi connectivity index (χ1n) is 9.73. The molecule has 0 N–H and O–H groups in total. The molecule has 0 spiro atoms. The third-order valence-electron chi connectivity index (χ3n) is 7.04. The van der Waals surface area contributed by atoms with Crippen LogP contribution in [0, 0.1) is 49.4 Å². The lowest BCUT2D eigenvalue weighted by molar-refractivity contribution is -0.152. The Morgan fingerprint density at radius 2 is 1.56 bits per heavy atom. The topological polar surface area (TPSA) is 63.7 Å². The number of amides is 2. The summed E-state index contributed by atoms with van der Waals surface area (Å²) in [6.45, 7) is 5.34. The summed E-state index contributed by atoms with van der Waals surface area (Å²) in [5, 5.41) is 0. The third-order valence-corrected chi connectivity index (χ3v) is 7.04. The van der Waals surface area contributed by atoms with Crippen molar-refractivity contribution in [3.05, 3.63) is 41.5 Å². The van der Waals surface area contributed by atoms with Crippen LogP contribution in [0.3, 0.4) is 0 Å². The van der Waals surface area contributed by atoms with E-state index in [1.807, 2.05) is 32.0 Å². The van der Waals surface area contributed by atoms with Gasteiger partial charge in [0, 0.05) is 0 Å². The van der Waals surface area contributed by atoms with Crippen LogP contribution in [0.4, 0.5) is 0 Å². The molecule has 0 unspecified atom stereocenters. The Kier molecular flexibility index (Phi) is 3.43. The van der Waals surface area contributed by atoms with Gasteiger partial charge in [-0.15, -0.1) is 0 Å². The first-order valence-corrected chi connectivity index (χ1v) is 9.73. The second-order valence-electron chi connectivity index (χ2n) is 8.52. The molecule has 1 aromatic carbocycles. The van der Waals surface area contributed by atoms with Gasteiger partial charge in [0.1, 0.15) is 11.8 Å². The number of hydrogen-bond donors (Lipinski definition) is 0. The monoisotopic (exact) mass is 365 g/mol. The number of ether oxygens (including phenoxy) is 1. The SMILES string of the molecule is Cc1cccc(C)c1OC(=O)[C@H](C)N1C(=O)[C@H]2[C@@H]3C=C[C@H]([C@@H]4C[C@H]34)[C@@H]2C1=O. The Labute approximate surface area is 158 Å². The van der Waals surface area contributed by atoms with E-state index >= 15 is 0 Å². The van der Waals surface area contributed by atoms with Crippen molar-refractivity contribution in [2.24, 2.45) is 35.5 Å². The van der Waals surface area contributed by atoms with Gasteiger partial charge in [-0.05, 0) is 62.0 Å². The smallest absolute Gasteiger partial charge is 0.334 e. The fourth-order valence-electron chi connectivity index (χ4n) is 5.61. The number of carbonyl (C=O) groups excluding carboxylic acids is 3. The minimum atomic E-state index is -0.912. The highest BCUT2D eigenvalue weighted by atomic mass is 16.5. The zero-order valence-electron chi connectivity index (χ0n) is 15.7. The summed E-state index contributed by atoms with van der Waals surface area (Å²) in [6, 6.07) is 4.73. The molecule has 3 fully saturated rings. The lowest BCUT2D eigenvalue weighted by Gasteiger charge is -2.37. The Morgan fingerprint density at radius 1 is 1.04 bits per heavy atom. The van der Waals surface area contributed by atoms with Gasteiger partial charge >= 0.3 is 5.97 Å². The van der Waals surface area contributed by atoms with Crippen LogP contribution in [-0.4, -0.2) is 28.7 Å². The standard InChI is InChI=1S/C22H23NO4/c1-10-5-4-6-11(2)19(10)27-22(26)12(3)23-20(24)17-13-7-8-14(16-9-15(13)16)18(17)21(23)25/h4-8,12-18H,9H2,1-3H3/t12-,13+,14+,15-,16+,17-,18-/m0/s1. The highest BCUT2D eigenvalue weighted by molar-refractivity contribution is 6.08. The molecule has 2 amide bonds. The summed E-state index contributed by atoms with van der Waals surface area (Å²) >= 11 is 0. The molecule has 0 radical (unpaired) electrons. The maximum Gasteiger partial charge on any atom is 0.334 e. The minimum absolute atomic E-state index is 0.160. The number of esters is 1. The van der Waals surface area contributed by atoms with Crippen molar-refractivity contribution in [3.8, 4) is 5.75 Å². The van der Waals surface area contributed by atoms with Gasteiger partial charge in [0.25, 0.3) is 0 Å². The molecule has 6 rings (SSSR count). The third kappa shape index (κ3) is 2.20. The molecular formula is C22H23NO4. The van der Waals surface area contributed by atoms with E-state index in [0.29, 0.717) is 17.6 Å². The molecule has 0 aromatic heterocycles. The second-order valence-corrected chi connectivity index (χ2v) is 8.52. The number of hydrogen-bond acceptors (Lipinski definition) is 4. The Balaban J connectivity index is 1.40. The fourth-order valence-corrected chi connectivity index (χ4v) is 5.61. The zero-order valence-corrected chi connectivity index (χ0v) is 15.7. The van der Waals surface area contributed by atoms with Crippen LogP contribution in [0.5, 0.6) is 5.75 Å². The van der Waals surface area contributed by atoms with Crippen molar-refractivity contribution < 1.29 is 19.1 Å². The maximum atomic E-state index is 13.1. The van der Waals surface area contributed by atoms with Crippen LogP contribution in [0.2, 0.25) is 0 Å². The van der Waals surface area contributed by atoms with Gasteiger partial charge in [-0.3, -0.25) is 14.5 Å². The van der Waals surface area contributed by atoms with Gasteiger partial charge < -0.3 is 4.74 Å². The Bertz CT molecular complexity index is 847. The Hall–Kier alpha value is -2.43. The van der Waals surface area contributed by atoms with Gasteiger partial charge in [-0.1, -0.05) is 30.4 Å². The number of aryl methyl sites for hydroxylation is 2. The van der Waals surface area contributed by atoms with E-state index in [4.69, 9.17) is 4.74 Å². The van der Waals surface area contributed by atoms with Crippen molar-refractivity contribution in [1.29, 1.82) is 0 Å². The van der Waals surface area contributed by atoms with Crippen molar-refractivity contribution in [2.45, 2.75) is 33.2 Å². The molecule has 5 aliphatic rings. The second kappa shape index (κ2) is 5.54. The van der Waals surface area contributed by atoms with Gasteiger partial charge in [0.15, 0.2) is 0 Å². The molecule has 1 saturated heterocycles. The van der Waals surface area contributed by atoms with Crippen LogP contribution in [0.25, 0.3) is 0 Å².